The van der Waals surface area contributed by atoms with E-state index >= 15 is 0 Å². The predicted molar refractivity (Wildman–Crippen MR) is 352 cm³/mol. The Hall–Kier alpha value is -9.78. The molecule has 0 saturated carbocycles. The first-order chi connectivity index (χ1) is 43.9. The van der Waals surface area contributed by atoms with Crippen LogP contribution in [0.25, 0.3) is 33.1 Å². The second-order valence-corrected chi connectivity index (χ2v) is 23.3. The molecule has 6 amide bonds. The Morgan fingerprint density at radius 3 is 1.27 bits per heavy atom. The van der Waals surface area contributed by atoms with Gasteiger partial charge in [0.1, 0.15) is 44.4 Å². The first kappa shape index (κ1) is 64.2. The standard InChI is InChI=1S/C21H21N7OS.C20H14ClF3N6OS.C18H13Cl2N7OS/c1-28(2)17-8-6-15(7-9-17)25-21(29)26-16-5-3-4-14(10-16)12-30-20-18-11-24-27-19(18)22-13-23-20;21-15-5-4-12(20(22,23)24)7-16(15)29-19(31)28-13-3-1-2-11(6-13)9-32-18-14-8-27-30-17(14)25-10-26-18;19-14-5-12(6-15(20)26-14)25-18(28)24-11-3-1-2-10(4-11)8-29-17-13-7-23-27-16(13)21-9-22-17/h3-11,13H,12H2,1-2H3,(H2,25,26,29)(H,22,23,24,27);1-8,10H,9H2,(H2,28,29,31)(H,25,26,27,30);1-7,9H,8H2,(H,21,22,23,27)(H2,24,25,26,28). The molecule has 7 heterocycles. The monoisotopic (exact) mass is 1340 g/mol. The SMILES string of the molecule is CN(C)c1ccc(NC(=O)Nc2cccc(CSc3ncnc4[nH]ncc34)c2)cc1.O=C(Nc1cccc(CSc2ncnc3[nH]ncc23)c1)Nc1cc(C(F)(F)F)ccc1Cl.O=C(Nc1cccc(CSc2ncnc3[nH]ncc23)c1)Nc1cc(Cl)nc(Cl)c1. The summed E-state index contributed by atoms with van der Waals surface area (Å²) in [4.78, 5) is 68.0. The fraction of sp³-hybridized carbons (Fsp3) is 0.102. The number of nitrogens with one attached hydrogen (secondary N) is 9. The van der Waals surface area contributed by atoms with Gasteiger partial charge in [-0.3, -0.25) is 15.3 Å². The summed E-state index contributed by atoms with van der Waals surface area (Å²) in [6, 6.07) is 34.4. The van der Waals surface area contributed by atoms with E-state index in [-0.39, 0.29) is 27.0 Å². The molecule has 23 nitrogen and oxygen atoms in total. The van der Waals surface area contributed by atoms with Crippen molar-refractivity contribution in [2.24, 2.45) is 0 Å². The van der Waals surface area contributed by atoms with Gasteiger partial charge in [-0.1, -0.05) is 71.2 Å². The molecule has 12 rings (SSSR count). The number of hydrogen-bond donors (Lipinski definition) is 9. The highest BCUT2D eigenvalue weighted by Crippen LogP contribution is 2.35. The first-order valence-corrected chi connectivity index (χ1v) is 30.8. The molecule has 0 aliphatic rings. The third-order valence-electron chi connectivity index (χ3n) is 12.5. The Morgan fingerprint density at radius 1 is 0.473 bits per heavy atom. The normalized spacial score (nSPS) is 11.0. The van der Waals surface area contributed by atoms with Crippen LogP contribution in [0.15, 0.2) is 180 Å². The zero-order valence-electron chi connectivity index (χ0n) is 47.3. The number of rotatable bonds is 16. The van der Waals surface area contributed by atoms with Gasteiger partial charge in [-0.25, -0.2) is 49.3 Å². The molecule has 12 aromatic rings. The van der Waals surface area contributed by atoms with Crippen molar-refractivity contribution in [2.75, 3.05) is 50.9 Å². The van der Waals surface area contributed by atoms with Crippen molar-refractivity contribution in [3.05, 3.63) is 203 Å². The lowest BCUT2D eigenvalue weighted by molar-refractivity contribution is -0.137. The van der Waals surface area contributed by atoms with E-state index in [0.29, 0.717) is 45.6 Å². The average Bonchev–Trinajstić information content (AvgIpc) is 3.93. The quantitative estimate of drug-likeness (QED) is 0.0247. The topological polar surface area (TPSA) is 303 Å². The number of fused-ring (bicyclic) bond motifs is 3. The van der Waals surface area contributed by atoms with E-state index in [1.807, 2.05) is 91.8 Å². The molecule has 0 bridgehead atoms. The smallest absolute Gasteiger partial charge is 0.378 e. The number of anilines is 7. The third kappa shape index (κ3) is 18.2. The number of carbonyl (C=O) groups is 3. The number of aromatic amines is 3. The van der Waals surface area contributed by atoms with Gasteiger partial charge < -0.3 is 36.8 Å². The number of halogens is 6. The highest BCUT2D eigenvalue weighted by molar-refractivity contribution is 7.99. The number of amides is 6. The van der Waals surface area contributed by atoms with E-state index in [1.54, 1.807) is 66.4 Å². The zero-order valence-corrected chi connectivity index (χ0v) is 52.1. The van der Waals surface area contributed by atoms with Crippen molar-refractivity contribution in [3.63, 3.8) is 0 Å². The molecule has 0 unspecified atom stereocenters. The predicted octanol–water partition coefficient (Wildman–Crippen LogP) is 15.3. The Bertz CT molecular complexity index is 4510. The maximum absolute atomic E-state index is 12.9. The molecule has 5 aromatic carbocycles. The summed E-state index contributed by atoms with van der Waals surface area (Å²) in [5.41, 5.74) is 8.13. The second kappa shape index (κ2) is 30.2. The van der Waals surface area contributed by atoms with Gasteiger partial charge >= 0.3 is 24.3 Å². The highest BCUT2D eigenvalue weighted by Gasteiger charge is 2.31. The van der Waals surface area contributed by atoms with Gasteiger partial charge in [0.15, 0.2) is 16.9 Å². The van der Waals surface area contributed by atoms with E-state index in [2.05, 4.69) is 97.4 Å². The number of aromatic nitrogens is 13. The molecule has 32 heteroatoms. The van der Waals surface area contributed by atoms with Crippen molar-refractivity contribution in [1.29, 1.82) is 0 Å². The van der Waals surface area contributed by atoms with Crippen LogP contribution in [0.1, 0.15) is 22.3 Å². The van der Waals surface area contributed by atoms with Gasteiger partial charge in [0, 0.05) is 65.5 Å². The Morgan fingerprint density at radius 2 is 0.868 bits per heavy atom. The lowest BCUT2D eigenvalue weighted by atomic mass is 10.2. The van der Waals surface area contributed by atoms with Gasteiger partial charge in [0.2, 0.25) is 0 Å². The molecular weight excluding hydrogens is 1300 g/mol. The van der Waals surface area contributed by atoms with Gasteiger partial charge in [0.05, 0.1) is 51.0 Å². The molecule has 0 aliphatic carbocycles. The number of alkyl halides is 3. The van der Waals surface area contributed by atoms with Gasteiger partial charge in [0.25, 0.3) is 0 Å². The zero-order chi connectivity index (χ0) is 63.9. The Labute approximate surface area is 542 Å². The summed E-state index contributed by atoms with van der Waals surface area (Å²) in [6.07, 6.45) is 5.01. The molecule has 91 heavy (non-hydrogen) atoms. The summed E-state index contributed by atoms with van der Waals surface area (Å²) in [5, 5.41) is 42.0. The highest BCUT2D eigenvalue weighted by atomic mass is 35.5. The van der Waals surface area contributed by atoms with E-state index in [1.165, 1.54) is 42.9 Å². The van der Waals surface area contributed by atoms with E-state index in [4.69, 9.17) is 34.8 Å². The van der Waals surface area contributed by atoms with Crippen molar-refractivity contribution in [2.45, 2.75) is 38.5 Å². The number of carbonyl (C=O) groups excluding carboxylic acids is 3. The van der Waals surface area contributed by atoms with Crippen LogP contribution < -0.4 is 36.8 Å². The number of urea groups is 3. The number of nitrogens with zero attached hydrogens (tertiary/aromatic N) is 11. The molecule has 462 valence electrons. The minimum absolute atomic E-state index is 0.00582. The van der Waals surface area contributed by atoms with Crippen LogP contribution in [0.3, 0.4) is 0 Å². The van der Waals surface area contributed by atoms with Crippen LogP contribution in [0, 0.1) is 0 Å². The summed E-state index contributed by atoms with van der Waals surface area (Å²) in [5.74, 6) is 1.94. The number of benzene rings is 5. The first-order valence-electron chi connectivity index (χ1n) is 26.7. The van der Waals surface area contributed by atoms with Crippen LogP contribution >= 0.6 is 70.1 Å². The minimum atomic E-state index is -4.55. The van der Waals surface area contributed by atoms with Crippen molar-refractivity contribution in [3.8, 4) is 0 Å². The van der Waals surface area contributed by atoms with E-state index < -0.39 is 23.8 Å². The summed E-state index contributed by atoms with van der Waals surface area (Å²) in [7, 11) is 3.95. The molecular formula is C59H48Cl3F3N20O3S3. The molecule has 0 atom stereocenters. The van der Waals surface area contributed by atoms with E-state index in [0.717, 1.165) is 88.8 Å². The summed E-state index contributed by atoms with van der Waals surface area (Å²) >= 11 is 22.3. The van der Waals surface area contributed by atoms with Gasteiger partial charge in [-0.2, -0.15) is 28.5 Å². The molecule has 9 N–H and O–H groups in total. The van der Waals surface area contributed by atoms with Crippen LogP contribution in [-0.4, -0.2) is 97.7 Å². The fourth-order valence-corrected chi connectivity index (χ4v) is 11.6. The van der Waals surface area contributed by atoms with Crippen LogP contribution in [0.4, 0.5) is 67.4 Å². The van der Waals surface area contributed by atoms with Crippen LogP contribution in [0.5, 0.6) is 0 Å². The lowest BCUT2D eigenvalue weighted by Gasteiger charge is -2.13. The van der Waals surface area contributed by atoms with Crippen LogP contribution in [0.2, 0.25) is 15.3 Å². The van der Waals surface area contributed by atoms with Crippen molar-refractivity contribution < 1.29 is 27.6 Å². The fourth-order valence-electron chi connectivity index (χ4n) is 8.29. The second-order valence-electron chi connectivity index (χ2n) is 19.3. The summed E-state index contributed by atoms with van der Waals surface area (Å²) < 4.78 is 38.7. The minimum Gasteiger partial charge on any atom is -0.378 e. The molecule has 0 spiro atoms. The maximum atomic E-state index is 12.9. The van der Waals surface area contributed by atoms with Crippen LogP contribution in [-0.2, 0) is 23.4 Å². The third-order valence-corrected chi connectivity index (χ3v) is 16.5. The van der Waals surface area contributed by atoms with Gasteiger partial charge in [-0.15, -0.1) is 35.3 Å². The Kier molecular flexibility index (Phi) is 21.3. The molecule has 0 radical (unpaired) electrons. The van der Waals surface area contributed by atoms with Crippen molar-refractivity contribution in [1.82, 2.24) is 65.5 Å². The number of thioether (sulfide) groups is 3. The average molecular weight is 1340 g/mol. The number of hydrogen-bond acceptors (Lipinski definition) is 17. The molecule has 7 aromatic heterocycles. The Balaban J connectivity index is 0.000000150. The molecule has 0 fully saturated rings. The van der Waals surface area contributed by atoms with Gasteiger partial charge in [-0.05, 0) is 108 Å². The van der Waals surface area contributed by atoms with Crippen molar-refractivity contribution >= 4 is 161 Å². The number of H-pyrrole nitrogens is 3. The maximum Gasteiger partial charge on any atom is 0.416 e. The molecule has 0 saturated heterocycles. The number of pyridine rings is 1. The summed E-state index contributed by atoms with van der Waals surface area (Å²) in [6.45, 7) is 0. The molecule has 0 aliphatic heterocycles. The van der Waals surface area contributed by atoms with E-state index in [9.17, 15) is 27.6 Å². The lowest BCUT2D eigenvalue weighted by Crippen LogP contribution is -2.20. The largest absolute Gasteiger partial charge is 0.416 e.